The molecule has 5 heteroatoms. The first-order chi connectivity index (χ1) is 9.72. The number of nitrogens with one attached hydrogen (secondary N) is 1. The van der Waals surface area contributed by atoms with E-state index in [1.54, 1.807) is 0 Å². The number of benzene rings is 1. The van der Waals surface area contributed by atoms with Gasteiger partial charge in [-0.25, -0.2) is 0 Å². The second kappa shape index (κ2) is 5.74. The van der Waals surface area contributed by atoms with Crippen molar-refractivity contribution < 1.29 is 4.74 Å². The summed E-state index contributed by atoms with van der Waals surface area (Å²) in [6.45, 7) is 7.13. The number of rotatable bonds is 3. The highest BCUT2D eigenvalue weighted by Gasteiger charge is 2.24. The Balaban J connectivity index is 2.10. The van der Waals surface area contributed by atoms with E-state index in [4.69, 9.17) is 4.74 Å². The number of fused-ring (bicyclic) bond motifs is 1. The highest BCUT2D eigenvalue weighted by Crippen LogP contribution is 2.37. The van der Waals surface area contributed by atoms with E-state index >= 15 is 0 Å². The molecule has 0 radical (unpaired) electrons. The quantitative estimate of drug-likeness (QED) is 0.929. The molecule has 1 fully saturated rings. The van der Waals surface area contributed by atoms with Crippen molar-refractivity contribution in [3.63, 3.8) is 0 Å². The van der Waals surface area contributed by atoms with Crippen LogP contribution in [-0.4, -0.2) is 36.0 Å². The zero-order valence-corrected chi connectivity index (χ0v) is 13.5. The van der Waals surface area contributed by atoms with Gasteiger partial charge in [0.05, 0.1) is 17.4 Å². The molecule has 1 aromatic carbocycles. The third-order valence-electron chi connectivity index (χ3n) is 4.17. The molecule has 0 atom stereocenters. The number of hydrogen-bond donors (Lipinski definition) is 1. The third-order valence-corrected chi connectivity index (χ3v) is 4.99. The average Bonchev–Trinajstić information content (AvgIpc) is 2.92. The fourth-order valence-electron chi connectivity index (χ4n) is 3.11. The van der Waals surface area contributed by atoms with Crippen LogP contribution in [-0.2, 0) is 4.74 Å². The van der Waals surface area contributed by atoms with Gasteiger partial charge in [0.2, 0.25) is 0 Å². The first-order valence-corrected chi connectivity index (χ1v) is 7.98. The van der Waals surface area contributed by atoms with Crippen LogP contribution in [0.3, 0.4) is 0 Å². The minimum absolute atomic E-state index is 0.555. The highest BCUT2D eigenvalue weighted by molar-refractivity contribution is 9.10. The molecule has 1 aliphatic rings. The lowest BCUT2D eigenvalue weighted by Crippen LogP contribution is -2.40. The monoisotopic (exact) mass is 337 g/mol. The predicted molar refractivity (Wildman–Crippen MR) is 85.4 cm³/mol. The van der Waals surface area contributed by atoms with Gasteiger partial charge in [0.25, 0.3) is 0 Å². The summed E-state index contributed by atoms with van der Waals surface area (Å²) in [5.74, 6) is 0. The van der Waals surface area contributed by atoms with E-state index < -0.39 is 0 Å². The van der Waals surface area contributed by atoms with Gasteiger partial charge in [0.1, 0.15) is 0 Å². The topological polar surface area (TPSA) is 41.2 Å². The summed E-state index contributed by atoms with van der Waals surface area (Å²) in [6.07, 6.45) is 4.13. The molecule has 20 heavy (non-hydrogen) atoms. The Morgan fingerprint density at radius 2 is 2.20 bits per heavy atom. The Hall–Kier alpha value is -1.07. The van der Waals surface area contributed by atoms with Crippen LogP contribution >= 0.6 is 15.9 Å². The summed E-state index contributed by atoms with van der Waals surface area (Å²) in [5, 5.41) is 8.49. The van der Waals surface area contributed by atoms with Crippen molar-refractivity contribution >= 4 is 32.5 Å². The summed E-state index contributed by atoms with van der Waals surface area (Å²) in [4.78, 5) is 2.51. The van der Waals surface area contributed by atoms with E-state index in [0.717, 1.165) is 42.6 Å². The number of hydrogen-bond acceptors (Lipinski definition) is 3. The second-order valence-corrected chi connectivity index (χ2v) is 6.15. The molecule has 0 spiro atoms. The van der Waals surface area contributed by atoms with Gasteiger partial charge in [-0.2, -0.15) is 5.10 Å². The molecule has 1 saturated heterocycles. The molecule has 2 heterocycles. The number of H-pyrrole nitrogens is 1. The van der Waals surface area contributed by atoms with E-state index in [-0.39, 0.29) is 0 Å². The van der Waals surface area contributed by atoms with Crippen molar-refractivity contribution in [2.75, 3.05) is 24.7 Å². The molecular weight excluding hydrogens is 318 g/mol. The van der Waals surface area contributed by atoms with Gasteiger partial charge in [-0.15, -0.1) is 0 Å². The predicted octanol–water partition coefficient (Wildman–Crippen LogP) is 3.64. The molecule has 4 nitrogen and oxygen atoms in total. The molecule has 1 aromatic heterocycles. The lowest BCUT2D eigenvalue weighted by Gasteiger charge is -2.36. The largest absolute Gasteiger partial charge is 0.381 e. The van der Waals surface area contributed by atoms with Gasteiger partial charge >= 0.3 is 0 Å². The Bertz CT molecular complexity index is 604. The maximum Gasteiger partial charge on any atom is 0.0682 e. The smallest absolute Gasteiger partial charge is 0.0682 e. The molecule has 1 aliphatic heterocycles. The lowest BCUT2D eigenvalue weighted by atomic mass is 10.0. The van der Waals surface area contributed by atoms with Gasteiger partial charge in [0, 0.05) is 35.7 Å². The van der Waals surface area contributed by atoms with Gasteiger partial charge < -0.3 is 9.64 Å². The Labute approximate surface area is 127 Å². The maximum atomic E-state index is 5.50. The Kier molecular flexibility index (Phi) is 3.98. The van der Waals surface area contributed by atoms with Crippen molar-refractivity contribution in [2.45, 2.75) is 32.7 Å². The molecule has 0 bridgehead atoms. The zero-order valence-electron chi connectivity index (χ0n) is 11.9. The fourth-order valence-corrected chi connectivity index (χ4v) is 3.53. The number of nitrogens with zero attached hydrogens (tertiary/aromatic N) is 2. The fraction of sp³-hybridized carbons (Fsp3) is 0.533. The third kappa shape index (κ3) is 2.33. The normalized spacial score (nSPS) is 16.8. The second-order valence-electron chi connectivity index (χ2n) is 5.29. The van der Waals surface area contributed by atoms with Crippen LogP contribution in [0.25, 0.3) is 10.9 Å². The number of anilines is 1. The maximum absolute atomic E-state index is 5.50. The van der Waals surface area contributed by atoms with E-state index in [1.807, 2.05) is 6.20 Å². The van der Waals surface area contributed by atoms with Crippen molar-refractivity contribution in [2.24, 2.45) is 0 Å². The molecule has 1 N–H and O–H groups in total. The van der Waals surface area contributed by atoms with Crippen molar-refractivity contribution in [3.05, 3.63) is 22.3 Å². The van der Waals surface area contributed by atoms with E-state index in [9.17, 15) is 0 Å². The summed E-state index contributed by atoms with van der Waals surface area (Å²) < 4.78 is 6.64. The standard InChI is InChI=1S/C15H20BrN3O/c1-3-19(11-4-6-20-7-5-11)15-10(2)13(16)8-14-12(15)9-17-18-14/h8-9,11H,3-7H2,1-2H3,(H,17,18). The van der Waals surface area contributed by atoms with Crippen LogP contribution in [0, 0.1) is 6.92 Å². The van der Waals surface area contributed by atoms with Crippen LogP contribution in [0.2, 0.25) is 0 Å². The van der Waals surface area contributed by atoms with Crippen LogP contribution < -0.4 is 4.90 Å². The van der Waals surface area contributed by atoms with Crippen LogP contribution in [0.1, 0.15) is 25.3 Å². The molecule has 0 unspecified atom stereocenters. The molecule has 0 aliphatic carbocycles. The summed E-state index contributed by atoms with van der Waals surface area (Å²) in [7, 11) is 0. The van der Waals surface area contributed by atoms with Crippen molar-refractivity contribution in [1.29, 1.82) is 0 Å². The minimum atomic E-state index is 0.555. The Morgan fingerprint density at radius 3 is 2.90 bits per heavy atom. The van der Waals surface area contributed by atoms with Crippen molar-refractivity contribution in [3.8, 4) is 0 Å². The number of aromatic amines is 1. The number of aromatic nitrogens is 2. The van der Waals surface area contributed by atoms with E-state index in [2.05, 4.69) is 50.9 Å². The van der Waals surface area contributed by atoms with Crippen LogP contribution in [0.4, 0.5) is 5.69 Å². The number of ether oxygens (including phenoxy) is 1. The molecule has 2 aromatic rings. The summed E-state index contributed by atoms with van der Waals surface area (Å²) in [6, 6.07) is 2.67. The average molecular weight is 338 g/mol. The van der Waals surface area contributed by atoms with Gasteiger partial charge in [0.15, 0.2) is 0 Å². The lowest BCUT2D eigenvalue weighted by molar-refractivity contribution is 0.0846. The van der Waals surface area contributed by atoms with E-state index in [0.29, 0.717) is 6.04 Å². The zero-order chi connectivity index (χ0) is 14.1. The van der Waals surface area contributed by atoms with Gasteiger partial charge in [-0.05, 0) is 38.3 Å². The summed E-state index contributed by atoms with van der Waals surface area (Å²) in [5.41, 5.74) is 3.67. The molecule has 108 valence electrons. The van der Waals surface area contributed by atoms with Gasteiger partial charge in [-0.1, -0.05) is 15.9 Å². The first-order valence-electron chi connectivity index (χ1n) is 7.19. The molecular formula is C15H20BrN3O. The van der Waals surface area contributed by atoms with E-state index in [1.165, 1.54) is 16.6 Å². The molecule has 3 rings (SSSR count). The number of halogens is 1. The van der Waals surface area contributed by atoms with Crippen LogP contribution in [0.5, 0.6) is 0 Å². The first kappa shape index (κ1) is 13.9. The van der Waals surface area contributed by atoms with Gasteiger partial charge in [-0.3, -0.25) is 5.10 Å². The molecule has 0 amide bonds. The van der Waals surface area contributed by atoms with Crippen LogP contribution in [0.15, 0.2) is 16.7 Å². The minimum Gasteiger partial charge on any atom is -0.381 e. The molecule has 0 saturated carbocycles. The van der Waals surface area contributed by atoms with Crippen molar-refractivity contribution in [1.82, 2.24) is 10.2 Å². The highest BCUT2D eigenvalue weighted by atomic mass is 79.9. The summed E-state index contributed by atoms with van der Waals surface area (Å²) >= 11 is 3.67. The SMILES string of the molecule is CCN(c1c(C)c(Br)cc2[nH]ncc12)C1CCOCC1. The Morgan fingerprint density at radius 1 is 1.45 bits per heavy atom.